The molecular formula is C18H20N2O4S. The molecule has 25 heavy (non-hydrogen) atoms. The fourth-order valence-electron chi connectivity index (χ4n) is 2.22. The van der Waals surface area contributed by atoms with Crippen molar-refractivity contribution in [1.29, 1.82) is 0 Å². The molecule has 132 valence electrons. The van der Waals surface area contributed by atoms with Crippen LogP contribution < -0.4 is 10.0 Å². The molecule has 0 aromatic heterocycles. The Kier molecular flexibility index (Phi) is 6.06. The van der Waals surface area contributed by atoms with Gasteiger partial charge in [0.25, 0.3) is 0 Å². The number of nitrogens with one attached hydrogen (secondary N) is 2. The first-order chi connectivity index (χ1) is 11.8. The number of carbonyl (C=O) groups is 2. The third-order valence-electron chi connectivity index (χ3n) is 3.72. The summed E-state index contributed by atoms with van der Waals surface area (Å²) >= 11 is 0. The number of carbonyl (C=O) groups excluding carboxylic acids is 2. The van der Waals surface area contributed by atoms with E-state index >= 15 is 0 Å². The first-order valence-electron chi connectivity index (χ1n) is 7.75. The average Bonchev–Trinajstić information content (AvgIpc) is 2.61. The smallest absolute Gasteiger partial charge is 0.240 e. The van der Waals surface area contributed by atoms with Crippen molar-refractivity contribution in [2.45, 2.75) is 24.7 Å². The first-order valence-corrected chi connectivity index (χ1v) is 9.23. The molecule has 0 heterocycles. The SMILES string of the molecule is CNS(=O)(=O)c1ccc(CCC(=O)Nc2ccc(C(C)=O)cc2)cc1. The standard InChI is InChI=1S/C18H20N2O4S/c1-13(21)15-6-8-16(9-7-15)20-18(22)12-5-14-3-10-17(11-4-14)25(23,24)19-2/h3-4,6-11,19H,5,12H2,1-2H3,(H,20,22). The van der Waals surface area contributed by atoms with Gasteiger partial charge in [-0.25, -0.2) is 13.1 Å². The molecule has 2 rings (SSSR count). The molecule has 6 nitrogen and oxygen atoms in total. The minimum atomic E-state index is -3.45. The molecule has 0 aliphatic rings. The lowest BCUT2D eigenvalue weighted by Crippen LogP contribution is -2.18. The topological polar surface area (TPSA) is 92.3 Å². The molecule has 0 aliphatic heterocycles. The molecule has 7 heteroatoms. The Balaban J connectivity index is 1.90. The van der Waals surface area contributed by atoms with Gasteiger partial charge >= 0.3 is 0 Å². The highest BCUT2D eigenvalue weighted by atomic mass is 32.2. The van der Waals surface area contributed by atoms with Crippen LogP contribution in [0.1, 0.15) is 29.3 Å². The Morgan fingerprint density at radius 2 is 1.56 bits per heavy atom. The maximum atomic E-state index is 12.0. The molecule has 2 N–H and O–H groups in total. The van der Waals surface area contributed by atoms with Crippen molar-refractivity contribution in [3.05, 3.63) is 59.7 Å². The largest absolute Gasteiger partial charge is 0.326 e. The van der Waals surface area contributed by atoms with Crippen LogP contribution in [0.25, 0.3) is 0 Å². The monoisotopic (exact) mass is 360 g/mol. The molecule has 0 bridgehead atoms. The third-order valence-corrected chi connectivity index (χ3v) is 5.15. The number of ketones is 1. The highest BCUT2D eigenvalue weighted by Gasteiger charge is 2.11. The second-order valence-electron chi connectivity index (χ2n) is 5.53. The van der Waals surface area contributed by atoms with Gasteiger partial charge in [-0.3, -0.25) is 9.59 Å². The van der Waals surface area contributed by atoms with Crippen molar-refractivity contribution in [3.63, 3.8) is 0 Å². The quantitative estimate of drug-likeness (QED) is 0.742. The molecule has 0 atom stereocenters. The Labute approximate surface area is 147 Å². The molecule has 0 aliphatic carbocycles. The summed E-state index contributed by atoms with van der Waals surface area (Å²) in [6, 6.07) is 13.1. The summed E-state index contributed by atoms with van der Waals surface area (Å²) in [5.41, 5.74) is 2.09. The van der Waals surface area contributed by atoms with Gasteiger partial charge < -0.3 is 5.32 Å². The maximum Gasteiger partial charge on any atom is 0.240 e. The number of hydrogen-bond acceptors (Lipinski definition) is 4. The number of amides is 1. The summed E-state index contributed by atoms with van der Waals surface area (Å²) < 4.78 is 25.6. The highest BCUT2D eigenvalue weighted by molar-refractivity contribution is 7.89. The van der Waals surface area contributed by atoms with E-state index in [1.54, 1.807) is 36.4 Å². The van der Waals surface area contributed by atoms with Crippen LogP contribution in [0.4, 0.5) is 5.69 Å². The third kappa shape index (κ3) is 5.23. The van der Waals surface area contributed by atoms with Gasteiger partial charge in [-0.1, -0.05) is 12.1 Å². The molecule has 0 fully saturated rings. The average molecular weight is 360 g/mol. The maximum absolute atomic E-state index is 12.0. The summed E-state index contributed by atoms with van der Waals surface area (Å²) in [4.78, 5) is 23.4. The second-order valence-corrected chi connectivity index (χ2v) is 7.42. The van der Waals surface area contributed by atoms with Crippen molar-refractivity contribution in [2.75, 3.05) is 12.4 Å². The molecule has 2 aromatic rings. The van der Waals surface area contributed by atoms with Crippen LogP contribution in [0.5, 0.6) is 0 Å². The summed E-state index contributed by atoms with van der Waals surface area (Å²) in [5, 5.41) is 2.77. The normalized spacial score (nSPS) is 11.1. The Bertz CT molecular complexity index is 857. The van der Waals surface area contributed by atoms with Crippen LogP contribution >= 0.6 is 0 Å². The first kappa shape index (κ1) is 18.8. The van der Waals surface area contributed by atoms with Gasteiger partial charge in [0.1, 0.15) is 0 Å². The van der Waals surface area contributed by atoms with Crippen LogP contribution in [-0.4, -0.2) is 27.2 Å². The van der Waals surface area contributed by atoms with Gasteiger partial charge in [0.2, 0.25) is 15.9 Å². The second kappa shape index (κ2) is 8.04. The molecule has 0 unspecified atom stereocenters. The van der Waals surface area contributed by atoms with E-state index in [2.05, 4.69) is 10.0 Å². The van der Waals surface area contributed by atoms with Gasteiger partial charge in [0, 0.05) is 17.7 Å². The number of rotatable bonds is 7. The van der Waals surface area contributed by atoms with Gasteiger partial charge in [0.05, 0.1) is 4.90 Å². The lowest BCUT2D eigenvalue weighted by atomic mass is 10.1. The van der Waals surface area contributed by atoms with E-state index in [4.69, 9.17) is 0 Å². The lowest BCUT2D eigenvalue weighted by Gasteiger charge is -2.07. The fourth-order valence-corrected chi connectivity index (χ4v) is 2.95. The van der Waals surface area contributed by atoms with Crippen LogP contribution in [0.3, 0.4) is 0 Å². The zero-order valence-electron chi connectivity index (χ0n) is 14.1. The van der Waals surface area contributed by atoms with Crippen molar-refractivity contribution in [3.8, 4) is 0 Å². The lowest BCUT2D eigenvalue weighted by molar-refractivity contribution is -0.116. The molecule has 0 saturated heterocycles. The van der Waals surface area contributed by atoms with E-state index in [1.807, 2.05) is 0 Å². The number of anilines is 1. The molecule has 1 amide bonds. The number of aryl methyl sites for hydroxylation is 1. The molecule has 0 spiro atoms. The van der Waals surface area contributed by atoms with Gasteiger partial charge in [-0.2, -0.15) is 0 Å². The summed E-state index contributed by atoms with van der Waals surface area (Å²) in [7, 11) is -2.09. The highest BCUT2D eigenvalue weighted by Crippen LogP contribution is 2.13. The predicted molar refractivity (Wildman–Crippen MR) is 96.1 cm³/mol. The van der Waals surface area contributed by atoms with E-state index in [1.165, 1.54) is 26.1 Å². The van der Waals surface area contributed by atoms with E-state index in [0.717, 1.165) is 5.56 Å². The van der Waals surface area contributed by atoms with E-state index in [9.17, 15) is 18.0 Å². The minimum Gasteiger partial charge on any atom is -0.326 e. The van der Waals surface area contributed by atoms with Crippen LogP contribution in [-0.2, 0) is 21.2 Å². The van der Waals surface area contributed by atoms with Crippen molar-refractivity contribution < 1.29 is 18.0 Å². The van der Waals surface area contributed by atoms with Gasteiger partial charge in [-0.05, 0) is 62.4 Å². The van der Waals surface area contributed by atoms with Gasteiger partial charge in [-0.15, -0.1) is 0 Å². The fraction of sp³-hybridized carbons (Fsp3) is 0.222. The Morgan fingerprint density at radius 1 is 0.960 bits per heavy atom. The molecule has 0 saturated carbocycles. The number of Topliss-reactive ketones (excluding diaryl/α,β-unsaturated/α-hetero) is 1. The predicted octanol–water partition coefficient (Wildman–Crippen LogP) is 2.37. The number of sulfonamides is 1. The summed E-state index contributed by atoms with van der Waals surface area (Å²) in [5.74, 6) is -0.177. The number of benzene rings is 2. The van der Waals surface area contributed by atoms with Crippen LogP contribution in [0.2, 0.25) is 0 Å². The Hall–Kier alpha value is -2.51. The van der Waals surface area contributed by atoms with Gasteiger partial charge in [0.15, 0.2) is 5.78 Å². The van der Waals surface area contributed by atoms with Crippen LogP contribution in [0.15, 0.2) is 53.4 Å². The zero-order valence-corrected chi connectivity index (χ0v) is 14.9. The minimum absolute atomic E-state index is 0.0263. The van der Waals surface area contributed by atoms with E-state index in [-0.39, 0.29) is 23.0 Å². The van der Waals surface area contributed by atoms with E-state index < -0.39 is 10.0 Å². The zero-order chi connectivity index (χ0) is 18.4. The summed E-state index contributed by atoms with van der Waals surface area (Å²) in [6.07, 6.45) is 0.768. The number of hydrogen-bond donors (Lipinski definition) is 2. The molecule has 2 aromatic carbocycles. The van der Waals surface area contributed by atoms with Crippen molar-refractivity contribution in [2.24, 2.45) is 0 Å². The molecular weight excluding hydrogens is 340 g/mol. The van der Waals surface area contributed by atoms with E-state index in [0.29, 0.717) is 17.7 Å². The van der Waals surface area contributed by atoms with Crippen LogP contribution in [0, 0.1) is 0 Å². The van der Waals surface area contributed by atoms with Crippen molar-refractivity contribution >= 4 is 27.4 Å². The molecule has 0 radical (unpaired) electrons. The summed E-state index contributed by atoms with van der Waals surface area (Å²) in [6.45, 7) is 1.49. The Morgan fingerprint density at radius 3 is 2.08 bits per heavy atom. The van der Waals surface area contributed by atoms with Crippen molar-refractivity contribution in [1.82, 2.24) is 4.72 Å².